The van der Waals surface area contributed by atoms with Crippen molar-refractivity contribution in [3.63, 3.8) is 0 Å². The average Bonchev–Trinajstić information content (AvgIpc) is 3.39. The van der Waals surface area contributed by atoms with Crippen LogP contribution in [0.4, 0.5) is 0 Å². The first-order valence-electron chi connectivity index (χ1n) is 9.94. The summed E-state index contributed by atoms with van der Waals surface area (Å²) < 4.78 is 3.70. The highest BCUT2D eigenvalue weighted by atomic mass is 35.5. The quantitative estimate of drug-likeness (QED) is 0.484. The van der Waals surface area contributed by atoms with Gasteiger partial charge in [-0.25, -0.2) is 4.68 Å². The summed E-state index contributed by atoms with van der Waals surface area (Å²) in [6.45, 7) is 1.30. The van der Waals surface area contributed by atoms with Gasteiger partial charge in [0.1, 0.15) is 11.4 Å². The Kier molecular flexibility index (Phi) is 4.68. The second kappa shape index (κ2) is 7.50. The van der Waals surface area contributed by atoms with Crippen LogP contribution in [0.15, 0.2) is 72.9 Å². The molecular formula is C24H21ClN4O. The van der Waals surface area contributed by atoms with E-state index >= 15 is 0 Å². The molecule has 5 rings (SSSR count). The second-order valence-corrected chi connectivity index (χ2v) is 7.99. The van der Waals surface area contributed by atoms with Gasteiger partial charge in [-0.15, -0.1) is 0 Å². The van der Waals surface area contributed by atoms with Crippen LogP contribution in [0.1, 0.15) is 21.6 Å². The summed E-state index contributed by atoms with van der Waals surface area (Å²) in [6, 6.07) is 21.6. The summed E-state index contributed by atoms with van der Waals surface area (Å²) in [5, 5.41) is 5.38. The van der Waals surface area contributed by atoms with Crippen LogP contribution in [0.2, 0.25) is 5.02 Å². The summed E-state index contributed by atoms with van der Waals surface area (Å²) in [4.78, 5) is 15.5. The molecule has 0 radical (unpaired) electrons. The first-order valence-corrected chi connectivity index (χ1v) is 10.3. The number of amides is 1. The number of rotatable bonds is 3. The number of hydrogen-bond donors (Lipinski definition) is 0. The molecule has 2 aromatic heterocycles. The fourth-order valence-electron chi connectivity index (χ4n) is 4.02. The van der Waals surface area contributed by atoms with Crippen LogP contribution in [0.3, 0.4) is 0 Å². The fourth-order valence-corrected chi connectivity index (χ4v) is 4.21. The van der Waals surface area contributed by atoms with Crippen molar-refractivity contribution < 1.29 is 4.79 Å². The number of hydrogen-bond acceptors (Lipinski definition) is 2. The Morgan fingerprint density at radius 2 is 1.83 bits per heavy atom. The normalized spacial score (nSPS) is 13.3. The number of fused-ring (bicyclic) bond motifs is 1. The molecule has 150 valence electrons. The van der Waals surface area contributed by atoms with Crippen molar-refractivity contribution >= 4 is 17.5 Å². The van der Waals surface area contributed by atoms with Crippen LogP contribution >= 0.6 is 11.6 Å². The van der Waals surface area contributed by atoms with Crippen molar-refractivity contribution in [1.82, 2.24) is 19.2 Å². The van der Waals surface area contributed by atoms with Crippen molar-refractivity contribution in [1.29, 1.82) is 0 Å². The van der Waals surface area contributed by atoms with Crippen LogP contribution in [0.5, 0.6) is 0 Å². The molecule has 30 heavy (non-hydrogen) atoms. The molecule has 6 heteroatoms. The lowest BCUT2D eigenvalue weighted by atomic mass is 10.00. The van der Waals surface area contributed by atoms with Gasteiger partial charge in [-0.3, -0.25) is 4.79 Å². The molecular weight excluding hydrogens is 396 g/mol. The molecule has 0 N–H and O–H groups in total. The molecule has 0 saturated heterocycles. The van der Waals surface area contributed by atoms with E-state index in [1.54, 1.807) is 4.68 Å². The molecule has 0 bridgehead atoms. The fraction of sp³-hybridized carbons (Fsp3) is 0.167. The standard InChI is InChI=1S/C24H21ClN4O/c1-27-12-5-10-22(27)21-15-23(29(26-21)20-9-4-8-19(25)14-20)24(30)28-13-11-17-6-2-3-7-18(17)16-28/h2-10,12,14-15H,11,13,16H2,1H3. The minimum Gasteiger partial charge on any atom is -0.349 e. The Hall–Kier alpha value is -3.31. The van der Waals surface area contributed by atoms with Crippen molar-refractivity contribution in [2.45, 2.75) is 13.0 Å². The van der Waals surface area contributed by atoms with Gasteiger partial charge in [-0.2, -0.15) is 5.10 Å². The molecule has 1 amide bonds. The molecule has 4 aromatic rings. The van der Waals surface area contributed by atoms with E-state index in [0.717, 1.165) is 23.5 Å². The van der Waals surface area contributed by atoms with Gasteiger partial charge in [0.25, 0.3) is 5.91 Å². The van der Waals surface area contributed by atoms with Crippen molar-refractivity contribution in [3.8, 4) is 17.1 Å². The SMILES string of the molecule is Cn1cccc1-c1cc(C(=O)N2CCc3ccccc3C2)n(-c2cccc(Cl)c2)n1. The molecule has 0 saturated carbocycles. The summed E-state index contributed by atoms with van der Waals surface area (Å²) in [5.74, 6) is -0.0302. The number of benzene rings is 2. The number of carbonyl (C=O) groups is 1. The number of aryl methyl sites for hydroxylation is 1. The molecule has 3 heterocycles. The lowest BCUT2D eigenvalue weighted by Crippen LogP contribution is -2.37. The summed E-state index contributed by atoms with van der Waals surface area (Å²) >= 11 is 6.22. The third-order valence-corrected chi connectivity index (χ3v) is 5.84. The molecule has 1 aliphatic heterocycles. The van der Waals surface area contributed by atoms with E-state index in [0.29, 0.717) is 23.8 Å². The van der Waals surface area contributed by atoms with Gasteiger partial charge in [0.15, 0.2) is 0 Å². The third-order valence-electron chi connectivity index (χ3n) is 5.61. The molecule has 1 aliphatic rings. The Morgan fingerprint density at radius 1 is 1.00 bits per heavy atom. The lowest BCUT2D eigenvalue weighted by Gasteiger charge is -2.29. The maximum atomic E-state index is 13.6. The predicted molar refractivity (Wildman–Crippen MR) is 118 cm³/mol. The topological polar surface area (TPSA) is 43.1 Å². The number of carbonyl (C=O) groups excluding carboxylic acids is 1. The lowest BCUT2D eigenvalue weighted by molar-refractivity contribution is 0.0725. The number of halogens is 1. The summed E-state index contributed by atoms with van der Waals surface area (Å²) in [7, 11) is 1.97. The van der Waals surface area contributed by atoms with Crippen LogP contribution < -0.4 is 0 Å². The number of nitrogens with zero attached hydrogens (tertiary/aromatic N) is 4. The Bertz CT molecular complexity index is 1240. The molecule has 0 unspecified atom stereocenters. The molecule has 5 nitrogen and oxygen atoms in total. The van der Waals surface area contributed by atoms with Crippen LogP contribution in [-0.4, -0.2) is 31.7 Å². The minimum absolute atomic E-state index is 0.0302. The van der Waals surface area contributed by atoms with Gasteiger partial charge in [-0.1, -0.05) is 41.9 Å². The predicted octanol–water partition coefficient (Wildman–Crippen LogP) is 4.73. The first-order chi connectivity index (χ1) is 14.6. The van der Waals surface area contributed by atoms with Gasteiger partial charge in [0.05, 0.1) is 11.4 Å². The van der Waals surface area contributed by atoms with Crippen LogP contribution in [-0.2, 0) is 20.0 Å². The highest BCUT2D eigenvalue weighted by Crippen LogP contribution is 2.26. The molecule has 0 fully saturated rings. The van der Waals surface area contributed by atoms with Gasteiger partial charge >= 0.3 is 0 Å². The van der Waals surface area contributed by atoms with Crippen LogP contribution in [0.25, 0.3) is 17.1 Å². The van der Waals surface area contributed by atoms with Crippen LogP contribution in [0, 0.1) is 0 Å². The smallest absolute Gasteiger partial charge is 0.272 e. The second-order valence-electron chi connectivity index (χ2n) is 7.56. The van der Waals surface area contributed by atoms with E-state index in [4.69, 9.17) is 16.7 Å². The minimum atomic E-state index is -0.0302. The van der Waals surface area contributed by atoms with Gasteiger partial charge in [0, 0.05) is 31.4 Å². The highest BCUT2D eigenvalue weighted by Gasteiger charge is 2.26. The van der Waals surface area contributed by atoms with E-state index in [1.807, 2.05) is 71.2 Å². The zero-order chi connectivity index (χ0) is 20.7. The molecule has 0 spiro atoms. The first kappa shape index (κ1) is 18.7. The van der Waals surface area contributed by atoms with Crippen molar-refractivity contribution in [3.05, 3.63) is 94.8 Å². The average molecular weight is 417 g/mol. The molecule has 0 aliphatic carbocycles. The summed E-state index contributed by atoms with van der Waals surface area (Å²) in [5.41, 5.74) is 5.52. The molecule has 2 aromatic carbocycles. The Morgan fingerprint density at radius 3 is 2.60 bits per heavy atom. The largest absolute Gasteiger partial charge is 0.349 e. The van der Waals surface area contributed by atoms with Gasteiger partial charge in [-0.05, 0) is 53.9 Å². The van der Waals surface area contributed by atoms with E-state index in [1.165, 1.54) is 11.1 Å². The van der Waals surface area contributed by atoms with Gasteiger partial charge in [0.2, 0.25) is 0 Å². The van der Waals surface area contributed by atoms with E-state index in [9.17, 15) is 4.79 Å². The summed E-state index contributed by atoms with van der Waals surface area (Å²) in [6.07, 6.45) is 2.83. The van der Waals surface area contributed by atoms with Gasteiger partial charge < -0.3 is 9.47 Å². The molecule has 0 atom stereocenters. The maximum absolute atomic E-state index is 13.6. The van der Waals surface area contributed by atoms with Crippen molar-refractivity contribution in [2.75, 3.05) is 6.54 Å². The monoisotopic (exact) mass is 416 g/mol. The zero-order valence-corrected chi connectivity index (χ0v) is 17.4. The van der Waals surface area contributed by atoms with E-state index < -0.39 is 0 Å². The zero-order valence-electron chi connectivity index (χ0n) is 16.6. The van der Waals surface area contributed by atoms with E-state index in [-0.39, 0.29) is 5.91 Å². The Labute approximate surface area is 180 Å². The third kappa shape index (κ3) is 3.31. The van der Waals surface area contributed by atoms with Crippen molar-refractivity contribution in [2.24, 2.45) is 7.05 Å². The highest BCUT2D eigenvalue weighted by molar-refractivity contribution is 6.30. The van der Waals surface area contributed by atoms with E-state index in [2.05, 4.69) is 18.2 Å². The Balaban J connectivity index is 1.57. The maximum Gasteiger partial charge on any atom is 0.272 e. The number of aromatic nitrogens is 3.